The van der Waals surface area contributed by atoms with Crippen molar-refractivity contribution >= 4 is 17.2 Å². The maximum Gasteiger partial charge on any atom is 0.231 e. The number of nitrogens with two attached hydrogens (primary N) is 1. The molecule has 3 aromatic rings. The third kappa shape index (κ3) is 1.29. The van der Waals surface area contributed by atoms with Gasteiger partial charge >= 0.3 is 0 Å². The standard InChI is InChI=1S/C9H7N5OS/c10-9-7(6-2-1-3-16-6)8(13-15-9)5-4-11-14-12-5/h1-4H,10H2,(H,11,12,14). The average molecular weight is 233 g/mol. The van der Waals surface area contributed by atoms with Gasteiger partial charge in [-0.15, -0.1) is 11.3 Å². The lowest BCUT2D eigenvalue weighted by molar-refractivity contribution is 0.439. The summed E-state index contributed by atoms with van der Waals surface area (Å²) in [6, 6.07) is 3.90. The van der Waals surface area contributed by atoms with Crippen molar-refractivity contribution in [3.05, 3.63) is 23.7 Å². The van der Waals surface area contributed by atoms with Crippen molar-refractivity contribution in [3.63, 3.8) is 0 Å². The quantitative estimate of drug-likeness (QED) is 0.703. The highest BCUT2D eigenvalue weighted by molar-refractivity contribution is 7.13. The van der Waals surface area contributed by atoms with Gasteiger partial charge in [-0.05, 0) is 11.4 Å². The van der Waals surface area contributed by atoms with Crippen molar-refractivity contribution in [2.75, 3.05) is 5.73 Å². The van der Waals surface area contributed by atoms with E-state index in [1.165, 1.54) is 0 Å². The third-order valence-corrected chi connectivity index (χ3v) is 3.03. The summed E-state index contributed by atoms with van der Waals surface area (Å²) in [7, 11) is 0. The molecule has 0 bridgehead atoms. The molecular weight excluding hydrogens is 226 g/mol. The first-order chi connectivity index (χ1) is 7.86. The Kier molecular flexibility index (Phi) is 1.97. The van der Waals surface area contributed by atoms with Crippen molar-refractivity contribution < 1.29 is 4.52 Å². The zero-order valence-corrected chi connectivity index (χ0v) is 8.86. The number of thiophene rings is 1. The van der Waals surface area contributed by atoms with Crippen molar-refractivity contribution in [2.24, 2.45) is 0 Å². The van der Waals surface area contributed by atoms with Crippen LogP contribution in [0.3, 0.4) is 0 Å². The number of anilines is 1. The molecule has 0 atom stereocenters. The maximum atomic E-state index is 5.76. The van der Waals surface area contributed by atoms with Crippen LogP contribution in [0.5, 0.6) is 0 Å². The second-order valence-corrected chi connectivity index (χ2v) is 4.05. The van der Waals surface area contributed by atoms with Gasteiger partial charge in [-0.3, -0.25) is 0 Å². The van der Waals surface area contributed by atoms with E-state index in [0.717, 1.165) is 10.4 Å². The Labute approximate surface area is 94.1 Å². The first-order valence-electron chi connectivity index (χ1n) is 4.51. The minimum Gasteiger partial charge on any atom is -0.367 e. The Hall–Kier alpha value is -2.15. The highest BCUT2D eigenvalue weighted by atomic mass is 32.1. The van der Waals surface area contributed by atoms with Gasteiger partial charge in [-0.2, -0.15) is 15.4 Å². The van der Waals surface area contributed by atoms with Crippen LogP contribution in [0.2, 0.25) is 0 Å². The molecule has 16 heavy (non-hydrogen) atoms. The molecule has 0 aliphatic heterocycles. The van der Waals surface area contributed by atoms with Crippen LogP contribution >= 0.6 is 11.3 Å². The van der Waals surface area contributed by atoms with E-state index in [2.05, 4.69) is 20.6 Å². The van der Waals surface area contributed by atoms with Gasteiger partial charge in [0.05, 0.1) is 11.8 Å². The number of nitrogens with one attached hydrogen (secondary N) is 1. The Morgan fingerprint density at radius 2 is 2.38 bits per heavy atom. The van der Waals surface area contributed by atoms with Crippen LogP contribution in [0.15, 0.2) is 28.2 Å². The minimum atomic E-state index is 0.292. The van der Waals surface area contributed by atoms with E-state index >= 15 is 0 Å². The molecule has 0 aliphatic rings. The lowest BCUT2D eigenvalue weighted by Gasteiger charge is -1.94. The summed E-state index contributed by atoms with van der Waals surface area (Å²) >= 11 is 1.57. The van der Waals surface area contributed by atoms with E-state index < -0.39 is 0 Å². The van der Waals surface area contributed by atoms with Crippen LogP contribution in [-0.2, 0) is 0 Å². The summed E-state index contributed by atoms with van der Waals surface area (Å²) in [5, 5.41) is 16.1. The predicted molar refractivity (Wildman–Crippen MR) is 59.6 cm³/mol. The maximum absolute atomic E-state index is 5.76. The summed E-state index contributed by atoms with van der Waals surface area (Å²) in [5.41, 5.74) is 7.75. The van der Waals surface area contributed by atoms with Gasteiger partial charge in [-0.1, -0.05) is 11.2 Å². The van der Waals surface area contributed by atoms with E-state index in [-0.39, 0.29) is 0 Å². The molecule has 3 rings (SSSR count). The van der Waals surface area contributed by atoms with E-state index in [4.69, 9.17) is 10.3 Å². The van der Waals surface area contributed by atoms with Gasteiger partial charge in [0.1, 0.15) is 11.4 Å². The lowest BCUT2D eigenvalue weighted by Crippen LogP contribution is -1.85. The van der Waals surface area contributed by atoms with E-state index in [1.54, 1.807) is 17.5 Å². The molecule has 80 valence electrons. The number of rotatable bonds is 2. The zero-order valence-electron chi connectivity index (χ0n) is 8.04. The number of H-pyrrole nitrogens is 1. The average Bonchev–Trinajstić information content (AvgIpc) is 2.96. The molecule has 0 radical (unpaired) electrons. The van der Waals surface area contributed by atoms with Gasteiger partial charge in [0.15, 0.2) is 0 Å². The minimum absolute atomic E-state index is 0.292. The SMILES string of the molecule is Nc1onc(-c2cn[nH]n2)c1-c1cccs1. The van der Waals surface area contributed by atoms with Crippen molar-refractivity contribution in [2.45, 2.75) is 0 Å². The van der Waals surface area contributed by atoms with Gasteiger partial charge in [0.2, 0.25) is 5.88 Å². The Morgan fingerprint density at radius 3 is 3.06 bits per heavy atom. The second kappa shape index (κ2) is 3.46. The lowest BCUT2D eigenvalue weighted by atomic mass is 10.1. The normalized spacial score (nSPS) is 10.8. The zero-order chi connectivity index (χ0) is 11.0. The van der Waals surface area contributed by atoms with E-state index in [1.807, 2.05) is 17.5 Å². The molecule has 0 saturated carbocycles. The summed E-state index contributed by atoms with van der Waals surface area (Å²) in [6.07, 6.45) is 1.58. The monoisotopic (exact) mass is 233 g/mol. The summed E-state index contributed by atoms with van der Waals surface area (Å²) < 4.78 is 5.00. The van der Waals surface area contributed by atoms with Crippen LogP contribution in [0.4, 0.5) is 5.88 Å². The Balaban J connectivity index is 2.21. The second-order valence-electron chi connectivity index (χ2n) is 3.10. The van der Waals surface area contributed by atoms with Crippen LogP contribution in [-0.4, -0.2) is 20.6 Å². The molecule has 0 unspecified atom stereocenters. The third-order valence-electron chi connectivity index (χ3n) is 2.14. The fraction of sp³-hybridized carbons (Fsp3) is 0. The fourth-order valence-electron chi connectivity index (χ4n) is 1.45. The van der Waals surface area contributed by atoms with Crippen LogP contribution in [0.25, 0.3) is 21.8 Å². The largest absolute Gasteiger partial charge is 0.367 e. The van der Waals surface area contributed by atoms with Gasteiger partial charge in [-0.25, -0.2) is 0 Å². The Morgan fingerprint density at radius 1 is 1.44 bits per heavy atom. The molecule has 0 spiro atoms. The topological polar surface area (TPSA) is 93.6 Å². The molecule has 0 saturated heterocycles. The molecule has 0 fully saturated rings. The molecule has 0 aromatic carbocycles. The molecule has 3 heterocycles. The van der Waals surface area contributed by atoms with Crippen molar-refractivity contribution in [1.82, 2.24) is 20.6 Å². The number of aromatic nitrogens is 4. The van der Waals surface area contributed by atoms with Gasteiger partial charge in [0, 0.05) is 4.88 Å². The molecule has 3 aromatic heterocycles. The number of nitrogens with zero attached hydrogens (tertiary/aromatic N) is 3. The fourth-order valence-corrected chi connectivity index (χ4v) is 2.23. The molecule has 6 nitrogen and oxygen atoms in total. The first kappa shape index (κ1) is 9.10. The summed E-state index contributed by atoms with van der Waals surface area (Å²) in [6.45, 7) is 0. The molecule has 0 aliphatic carbocycles. The van der Waals surface area contributed by atoms with Crippen molar-refractivity contribution in [1.29, 1.82) is 0 Å². The first-order valence-corrected chi connectivity index (χ1v) is 5.39. The molecule has 0 amide bonds. The van der Waals surface area contributed by atoms with Crippen LogP contribution < -0.4 is 5.73 Å². The number of aromatic amines is 1. The molecular formula is C9H7N5OS. The van der Waals surface area contributed by atoms with E-state index in [9.17, 15) is 0 Å². The number of hydrogen-bond acceptors (Lipinski definition) is 6. The highest BCUT2D eigenvalue weighted by Crippen LogP contribution is 2.37. The molecule has 7 heteroatoms. The number of hydrogen-bond donors (Lipinski definition) is 2. The van der Waals surface area contributed by atoms with Crippen LogP contribution in [0, 0.1) is 0 Å². The predicted octanol–water partition coefficient (Wildman–Crippen LogP) is 1.77. The Bertz CT molecular complexity index is 583. The summed E-state index contributed by atoms with van der Waals surface area (Å²) in [4.78, 5) is 0.997. The van der Waals surface area contributed by atoms with Gasteiger partial charge in [0.25, 0.3) is 0 Å². The van der Waals surface area contributed by atoms with Gasteiger partial charge < -0.3 is 10.3 Å². The highest BCUT2D eigenvalue weighted by Gasteiger charge is 2.19. The van der Waals surface area contributed by atoms with Crippen molar-refractivity contribution in [3.8, 4) is 21.8 Å². The van der Waals surface area contributed by atoms with E-state index in [0.29, 0.717) is 17.3 Å². The van der Waals surface area contributed by atoms with Crippen LogP contribution in [0.1, 0.15) is 0 Å². The molecule has 3 N–H and O–H groups in total. The summed E-state index contributed by atoms with van der Waals surface area (Å²) in [5.74, 6) is 0.292. The smallest absolute Gasteiger partial charge is 0.231 e. The number of nitrogen functional groups attached to an aromatic ring is 1.